The second-order valence-corrected chi connectivity index (χ2v) is 9.85. The lowest BCUT2D eigenvalue weighted by Gasteiger charge is -2.23. The molecule has 4 N–H and O–H groups in total. The van der Waals surface area contributed by atoms with E-state index in [9.17, 15) is 18.0 Å². The van der Waals surface area contributed by atoms with Crippen LogP contribution in [0.15, 0.2) is 53.4 Å². The Labute approximate surface area is 192 Å². The molecule has 0 aliphatic carbocycles. The van der Waals surface area contributed by atoms with E-state index in [1.165, 1.54) is 31.3 Å². The van der Waals surface area contributed by atoms with Gasteiger partial charge in [0.1, 0.15) is 11.5 Å². The molecule has 0 aromatic heterocycles. The second kappa shape index (κ2) is 11.3. The molecule has 11 heteroatoms. The van der Waals surface area contributed by atoms with Crippen LogP contribution in [-0.4, -0.2) is 50.3 Å². The average molecular weight is 484 g/mol. The number of benzene rings is 2. The number of hydrogen-bond acceptors (Lipinski definition) is 7. The maximum absolute atomic E-state index is 13.2. The smallest absolute Gasteiger partial charge is 0.260 e. The minimum absolute atomic E-state index is 0.0796. The third-order valence-corrected chi connectivity index (χ3v) is 7.01. The van der Waals surface area contributed by atoms with Gasteiger partial charge in [0, 0.05) is 18.6 Å². The van der Waals surface area contributed by atoms with Crippen molar-refractivity contribution in [2.24, 2.45) is 5.92 Å². The van der Waals surface area contributed by atoms with Crippen LogP contribution in [0.5, 0.6) is 11.5 Å². The normalized spacial score (nSPS) is 13.3. The maximum atomic E-state index is 13.2. The van der Waals surface area contributed by atoms with E-state index < -0.39 is 32.9 Å². The van der Waals surface area contributed by atoms with Crippen LogP contribution in [0.4, 0.5) is 0 Å². The van der Waals surface area contributed by atoms with Crippen LogP contribution in [0.25, 0.3) is 0 Å². The largest absolute Gasteiger partial charge is 0.457 e. The molecule has 1 unspecified atom stereocenters. The highest BCUT2D eigenvalue weighted by Crippen LogP contribution is 2.25. The fourth-order valence-corrected chi connectivity index (χ4v) is 4.62. The van der Waals surface area contributed by atoms with Gasteiger partial charge in [-0.25, -0.2) is 13.9 Å². The Morgan fingerprint density at radius 2 is 1.53 bits per heavy atom. The minimum Gasteiger partial charge on any atom is -0.457 e. The zero-order valence-corrected chi connectivity index (χ0v) is 19.4. The van der Waals surface area contributed by atoms with E-state index in [-0.39, 0.29) is 17.4 Å². The van der Waals surface area contributed by atoms with Crippen molar-refractivity contribution in [3.05, 3.63) is 53.6 Å². The number of rotatable bonds is 10. The molecule has 174 valence electrons. The summed E-state index contributed by atoms with van der Waals surface area (Å²) in [6, 6.07) is 11.4. The molecule has 0 radical (unpaired) electrons. The third kappa shape index (κ3) is 6.42. The molecule has 0 saturated carbocycles. The molecule has 0 aliphatic heterocycles. The monoisotopic (exact) mass is 483 g/mol. The molecular weight excluding hydrogens is 458 g/mol. The lowest BCUT2D eigenvalue weighted by Crippen LogP contribution is -2.52. The van der Waals surface area contributed by atoms with Crippen molar-refractivity contribution < 1.29 is 28.0 Å². The first-order valence-corrected chi connectivity index (χ1v) is 11.7. The summed E-state index contributed by atoms with van der Waals surface area (Å²) in [5.74, 6) is -0.790. The molecule has 0 fully saturated rings. The topological polar surface area (TPSA) is 134 Å². The average Bonchev–Trinajstić information content (AvgIpc) is 2.77. The Balaban J connectivity index is 2.22. The summed E-state index contributed by atoms with van der Waals surface area (Å²) in [5, 5.41) is 13.1. The zero-order chi connectivity index (χ0) is 23.9. The van der Waals surface area contributed by atoms with Crippen molar-refractivity contribution in [2.45, 2.75) is 30.0 Å². The predicted molar refractivity (Wildman–Crippen MR) is 120 cm³/mol. The molecular formula is C21H26ClN3O6S. The highest BCUT2D eigenvalue weighted by Gasteiger charge is 2.35. The maximum Gasteiger partial charge on any atom is 0.260 e. The fraction of sp³-hybridized carbons (Fsp3) is 0.333. The summed E-state index contributed by atoms with van der Waals surface area (Å²) in [7, 11) is -2.78. The van der Waals surface area contributed by atoms with Crippen LogP contribution >= 0.6 is 11.6 Å². The number of nitrogens with one attached hydrogen (secondary N) is 3. The number of hydrogen-bond donors (Lipinski definition) is 4. The molecule has 0 saturated heterocycles. The molecule has 2 aromatic carbocycles. The van der Waals surface area contributed by atoms with Crippen LogP contribution in [0, 0.1) is 5.92 Å². The van der Waals surface area contributed by atoms with Crippen molar-refractivity contribution >= 4 is 33.3 Å². The Kier molecular flexibility index (Phi) is 9.02. The van der Waals surface area contributed by atoms with E-state index in [1.54, 1.807) is 43.6 Å². The van der Waals surface area contributed by atoms with Gasteiger partial charge in [0.2, 0.25) is 5.91 Å². The molecule has 2 atom stereocenters. The molecule has 0 heterocycles. The summed E-state index contributed by atoms with van der Waals surface area (Å²) < 4.78 is 32.0. The SMILES string of the molecule is CNC(=O)C(CN[C@@H](C(=O)NO)C(C)C)S(=O)(=O)c1ccc(Oc2ccc(Cl)cc2)cc1. The number of hydroxylamine groups is 1. The van der Waals surface area contributed by atoms with Gasteiger partial charge in [-0.2, -0.15) is 0 Å². The lowest BCUT2D eigenvalue weighted by molar-refractivity contribution is -0.132. The summed E-state index contributed by atoms with van der Waals surface area (Å²) in [6.45, 7) is 3.10. The van der Waals surface area contributed by atoms with Crippen molar-refractivity contribution in [2.75, 3.05) is 13.6 Å². The number of halogens is 1. The number of amides is 2. The highest BCUT2D eigenvalue weighted by molar-refractivity contribution is 7.92. The van der Waals surface area contributed by atoms with Gasteiger partial charge in [0.25, 0.3) is 5.91 Å². The first-order valence-electron chi connectivity index (χ1n) is 9.76. The van der Waals surface area contributed by atoms with E-state index >= 15 is 0 Å². The van der Waals surface area contributed by atoms with E-state index in [4.69, 9.17) is 21.5 Å². The number of carbonyl (C=O) groups is 2. The van der Waals surface area contributed by atoms with Gasteiger partial charge in [0.15, 0.2) is 15.1 Å². The van der Waals surface area contributed by atoms with Crippen molar-refractivity contribution in [3.63, 3.8) is 0 Å². The zero-order valence-electron chi connectivity index (χ0n) is 17.8. The molecule has 2 amide bonds. The van der Waals surface area contributed by atoms with Crippen LogP contribution in [0.3, 0.4) is 0 Å². The Morgan fingerprint density at radius 3 is 2.00 bits per heavy atom. The van der Waals surface area contributed by atoms with E-state index in [0.717, 1.165) is 0 Å². The first kappa shape index (κ1) is 25.6. The van der Waals surface area contributed by atoms with Crippen molar-refractivity contribution in [1.82, 2.24) is 16.1 Å². The molecule has 0 spiro atoms. The molecule has 32 heavy (non-hydrogen) atoms. The summed E-state index contributed by atoms with van der Waals surface area (Å²) in [5.41, 5.74) is 1.54. The van der Waals surface area contributed by atoms with E-state index in [2.05, 4.69) is 10.6 Å². The summed E-state index contributed by atoms with van der Waals surface area (Å²) in [4.78, 5) is 24.1. The van der Waals surface area contributed by atoms with Gasteiger partial charge in [-0.05, 0) is 54.4 Å². The summed E-state index contributed by atoms with van der Waals surface area (Å²) in [6.07, 6.45) is 0. The third-order valence-electron chi connectivity index (χ3n) is 4.70. The highest BCUT2D eigenvalue weighted by atomic mass is 35.5. The number of ether oxygens (including phenoxy) is 1. The number of sulfone groups is 1. The van der Waals surface area contributed by atoms with Crippen LogP contribution in [0.2, 0.25) is 5.02 Å². The van der Waals surface area contributed by atoms with Gasteiger partial charge in [0.05, 0.1) is 10.9 Å². The van der Waals surface area contributed by atoms with Gasteiger partial charge in [-0.15, -0.1) is 0 Å². The fourth-order valence-electron chi connectivity index (χ4n) is 2.94. The predicted octanol–water partition coefficient (Wildman–Crippen LogP) is 2.14. The molecule has 0 aliphatic rings. The van der Waals surface area contributed by atoms with Gasteiger partial charge >= 0.3 is 0 Å². The Hall–Kier alpha value is -2.66. The quantitative estimate of drug-likeness (QED) is 0.300. The second-order valence-electron chi connectivity index (χ2n) is 7.28. The Morgan fingerprint density at radius 1 is 1.00 bits per heavy atom. The number of carbonyl (C=O) groups excluding carboxylic acids is 2. The molecule has 2 rings (SSSR count). The molecule has 9 nitrogen and oxygen atoms in total. The van der Waals surface area contributed by atoms with Crippen LogP contribution in [0.1, 0.15) is 13.8 Å². The minimum atomic E-state index is -4.10. The van der Waals surface area contributed by atoms with Gasteiger partial charge < -0.3 is 15.4 Å². The van der Waals surface area contributed by atoms with Crippen LogP contribution < -0.4 is 20.9 Å². The van der Waals surface area contributed by atoms with Gasteiger partial charge in [-0.1, -0.05) is 25.4 Å². The van der Waals surface area contributed by atoms with E-state index in [1.807, 2.05) is 0 Å². The lowest BCUT2D eigenvalue weighted by atomic mass is 10.0. The molecule has 2 aromatic rings. The first-order chi connectivity index (χ1) is 15.1. The molecule has 0 bridgehead atoms. The van der Waals surface area contributed by atoms with Gasteiger partial charge in [-0.3, -0.25) is 14.8 Å². The van der Waals surface area contributed by atoms with E-state index in [0.29, 0.717) is 16.5 Å². The summed E-state index contributed by atoms with van der Waals surface area (Å²) >= 11 is 5.85. The standard InChI is InChI=1S/C21H26ClN3O6S/c1-13(2)19(21(27)25-28)24-12-18(20(26)23-3)32(29,30)17-10-8-16(9-11-17)31-15-6-4-14(22)5-7-15/h4-11,13,18-19,24,28H,12H2,1-3H3,(H,23,26)(H,25,27)/t18?,19-/m1/s1. The Bertz CT molecular complexity index is 1030. The van der Waals surface area contributed by atoms with Crippen molar-refractivity contribution in [1.29, 1.82) is 0 Å². The van der Waals surface area contributed by atoms with Crippen molar-refractivity contribution in [3.8, 4) is 11.5 Å². The van der Waals surface area contributed by atoms with Crippen LogP contribution in [-0.2, 0) is 19.4 Å².